The number of nitrogens with one attached hydrogen (secondary N) is 1. The first-order valence-corrected chi connectivity index (χ1v) is 8.76. The summed E-state index contributed by atoms with van der Waals surface area (Å²) in [5, 5.41) is 3.38. The van der Waals surface area contributed by atoms with Gasteiger partial charge in [0.25, 0.3) is 0 Å². The second kappa shape index (κ2) is 10.7. The highest BCUT2D eigenvalue weighted by Crippen LogP contribution is 2.15. The Morgan fingerprint density at radius 1 is 1.22 bits per heavy atom. The molecule has 1 heterocycles. The van der Waals surface area contributed by atoms with Crippen molar-refractivity contribution in [2.24, 2.45) is 0 Å². The molecule has 1 fully saturated rings. The van der Waals surface area contributed by atoms with Crippen LogP contribution in [0.25, 0.3) is 0 Å². The molecule has 23 heavy (non-hydrogen) atoms. The summed E-state index contributed by atoms with van der Waals surface area (Å²) in [4.78, 5) is 14.7. The lowest BCUT2D eigenvalue weighted by Crippen LogP contribution is -2.46. The molecule has 1 N–H and O–H groups in total. The summed E-state index contributed by atoms with van der Waals surface area (Å²) in [5.74, 6) is 0.348. The van der Waals surface area contributed by atoms with Crippen molar-refractivity contribution < 1.29 is 4.79 Å². The fraction of sp³-hybridized carbons (Fsp3) is 0.632. The van der Waals surface area contributed by atoms with Crippen LogP contribution in [-0.2, 0) is 11.2 Å². The Balaban J connectivity index is 0.00000264. The highest BCUT2D eigenvalue weighted by Gasteiger charge is 2.23. The third-order valence-electron chi connectivity index (χ3n) is 4.51. The maximum absolute atomic E-state index is 12.6. The fourth-order valence-electron chi connectivity index (χ4n) is 3.21. The van der Waals surface area contributed by atoms with E-state index < -0.39 is 0 Å². The van der Waals surface area contributed by atoms with Crippen molar-refractivity contribution in [2.75, 3.05) is 19.6 Å². The van der Waals surface area contributed by atoms with E-state index in [9.17, 15) is 4.79 Å². The molecule has 1 amide bonds. The lowest BCUT2D eigenvalue weighted by Gasteiger charge is -2.34. The minimum Gasteiger partial charge on any atom is -0.340 e. The van der Waals surface area contributed by atoms with Crippen molar-refractivity contribution in [1.82, 2.24) is 10.2 Å². The topological polar surface area (TPSA) is 32.3 Å². The summed E-state index contributed by atoms with van der Waals surface area (Å²) < 4.78 is 0. The summed E-state index contributed by atoms with van der Waals surface area (Å²) in [7, 11) is 0. The summed E-state index contributed by atoms with van der Waals surface area (Å²) in [5.41, 5.74) is 2.63. The van der Waals surface area contributed by atoms with Gasteiger partial charge in [-0.15, -0.1) is 12.4 Å². The molecule has 1 aliphatic heterocycles. The second-order valence-electron chi connectivity index (χ2n) is 6.41. The molecular weight excluding hydrogens is 308 g/mol. The highest BCUT2D eigenvalue weighted by molar-refractivity contribution is 5.85. The zero-order chi connectivity index (χ0) is 15.8. The Morgan fingerprint density at radius 3 is 2.48 bits per heavy atom. The minimum absolute atomic E-state index is 0. The molecule has 0 aromatic heterocycles. The quantitative estimate of drug-likeness (QED) is 0.821. The molecule has 0 aliphatic carbocycles. The maximum Gasteiger partial charge on any atom is 0.222 e. The average Bonchev–Trinajstić information content (AvgIpc) is 2.55. The SMILES string of the molecule is CCCN(C(=O)CCCc1ccc(C)cc1)C1CCNCC1.Cl. The van der Waals surface area contributed by atoms with Gasteiger partial charge in [-0.1, -0.05) is 36.8 Å². The van der Waals surface area contributed by atoms with E-state index in [1.165, 1.54) is 11.1 Å². The van der Waals surface area contributed by atoms with Gasteiger partial charge in [-0.25, -0.2) is 0 Å². The molecule has 0 radical (unpaired) electrons. The maximum atomic E-state index is 12.6. The molecular formula is C19H31ClN2O. The fourth-order valence-corrected chi connectivity index (χ4v) is 3.21. The van der Waals surface area contributed by atoms with Crippen LogP contribution in [0.2, 0.25) is 0 Å². The molecule has 0 bridgehead atoms. The molecule has 1 aromatic rings. The van der Waals surface area contributed by atoms with Crippen molar-refractivity contribution in [3.63, 3.8) is 0 Å². The van der Waals surface area contributed by atoms with Crippen LogP contribution >= 0.6 is 12.4 Å². The van der Waals surface area contributed by atoms with E-state index >= 15 is 0 Å². The van der Waals surface area contributed by atoms with Crippen LogP contribution in [0.4, 0.5) is 0 Å². The Morgan fingerprint density at radius 2 is 1.87 bits per heavy atom. The molecule has 3 nitrogen and oxygen atoms in total. The molecule has 0 unspecified atom stereocenters. The standard InChI is InChI=1S/C19H30N2O.ClH/c1-3-15-21(18-11-13-20-14-12-18)19(22)6-4-5-17-9-7-16(2)8-10-17;/h7-10,18,20H,3-6,11-15H2,1-2H3;1H. The van der Waals surface area contributed by atoms with E-state index in [0.29, 0.717) is 18.4 Å². The van der Waals surface area contributed by atoms with Gasteiger partial charge in [-0.05, 0) is 57.7 Å². The number of halogens is 1. The molecule has 0 atom stereocenters. The third-order valence-corrected chi connectivity index (χ3v) is 4.51. The largest absolute Gasteiger partial charge is 0.340 e. The molecule has 4 heteroatoms. The highest BCUT2D eigenvalue weighted by atomic mass is 35.5. The molecule has 0 spiro atoms. The zero-order valence-electron chi connectivity index (χ0n) is 14.5. The number of piperidine rings is 1. The van der Waals surface area contributed by atoms with Crippen LogP contribution < -0.4 is 5.32 Å². The monoisotopic (exact) mass is 338 g/mol. The van der Waals surface area contributed by atoms with Gasteiger partial charge in [0.2, 0.25) is 5.91 Å². The number of aryl methyl sites for hydroxylation is 2. The first-order chi connectivity index (χ1) is 10.7. The van der Waals surface area contributed by atoms with E-state index in [4.69, 9.17) is 0 Å². The minimum atomic E-state index is 0. The Kier molecular flexibility index (Phi) is 9.27. The number of rotatable bonds is 7. The van der Waals surface area contributed by atoms with Crippen molar-refractivity contribution in [3.8, 4) is 0 Å². The van der Waals surface area contributed by atoms with Gasteiger partial charge in [-0.2, -0.15) is 0 Å². The molecule has 1 aliphatic rings. The molecule has 2 rings (SSSR count). The van der Waals surface area contributed by atoms with Gasteiger partial charge in [-0.3, -0.25) is 4.79 Å². The lowest BCUT2D eigenvalue weighted by atomic mass is 10.0. The first kappa shape index (κ1) is 20.0. The van der Waals surface area contributed by atoms with Crippen molar-refractivity contribution in [3.05, 3.63) is 35.4 Å². The summed E-state index contributed by atoms with van der Waals surface area (Å²) in [6.45, 7) is 7.26. The van der Waals surface area contributed by atoms with Crippen LogP contribution in [0.1, 0.15) is 50.2 Å². The van der Waals surface area contributed by atoms with Crippen molar-refractivity contribution in [2.45, 2.75) is 58.4 Å². The third kappa shape index (κ3) is 6.52. The van der Waals surface area contributed by atoms with Gasteiger partial charge >= 0.3 is 0 Å². The Bertz CT molecular complexity index is 455. The predicted molar refractivity (Wildman–Crippen MR) is 99.3 cm³/mol. The van der Waals surface area contributed by atoms with Crippen molar-refractivity contribution >= 4 is 18.3 Å². The number of carbonyl (C=O) groups is 1. The zero-order valence-corrected chi connectivity index (χ0v) is 15.3. The van der Waals surface area contributed by atoms with E-state index in [-0.39, 0.29) is 12.4 Å². The van der Waals surface area contributed by atoms with Crippen LogP contribution in [-0.4, -0.2) is 36.5 Å². The van der Waals surface area contributed by atoms with E-state index in [1.54, 1.807) is 0 Å². The average molecular weight is 339 g/mol. The lowest BCUT2D eigenvalue weighted by molar-refractivity contribution is -0.134. The van der Waals surface area contributed by atoms with Crippen molar-refractivity contribution in [1.29, 1.82) is 0 Å². The summed E-state index contributed by atoms with van der Waals surface area (Å²) in [6.07, 6.45) is 5.88. The van der Waals surface area contributed by atoms with E-state index in [1.807, 2.05) is 0 Å². The summed E-state index contributed by atoms with van der Waals surface area (Å²) >= 11 is 0. The number of hydrogen-bond donors (Lipinski definition) is 1. The Labute approximate surface area is 147 Å². The van der Waals surface area contributed by atoms with Crippen LogP contribution in [0, 0.1) is 6.92 Å². The molecule has 0 saturated carbocycles. The van der Waals surface area contributed by atoms with Gasteiger partial charge in [0.05, 0.1) is 0 Å². The van der Waals surface area contributed by atoms with Gasteiger partial charge in [0.15, 0.2) is 0 Å². The Hall–Kier alpha value is -1.06. The number of amides is 1. The molecule has 130 valence electrons. The number of benzene rings is 1. The molecule has 1 saturated heterocycles. The number of hydrogen-bond acceptors (Lipinski definition) is 2. The predicted octanol–water partition coefficient (Wildman–Crippen LogP) is 3.73. The van der Waals surface area contributed by atoms with Gasteiger partial charge in [0.1, 0.15) is 0 Å². The smallest absolute Gasteiger partial charge is 0.222 e. The van der Waals surface area contributed by atoms with Crippen LogP contribution in [0.15, 0.2) is 24.3 Å². The number of nitrogens with zero attached hydrogens (tertiary/aromatic N) is 1. The second-order valence-corrected chi connectivity index (χ2v) is 6.41. The van der Waals surface area contributed by atoms with E-state index in [2.05, 4.69) is 48.3 Å². The van der Waals surface area contributed by atoms with Gasteiger partial charge < -0.3 is 10.2 Å². The normalized spacial score (nSPS) is 15.0. The number of carbonyl (C=O) groups excluding carboxylic acids is 1. The van der Waals surface area contributed by atoms with Crippen LogP contribution in [0.5, 0.6) is 0 Å². The van der Waals surface area contributed by atoms with Crippen LogP contribution in [0.3, 0.4) is 0 Å². The molecule has 1 aromatic carbocycles. The van der Waals surface area contributed by atoms with Gasteiger partial charge in [0, 0.05) is 19.0 Å². The summed E-state index contributed by atoms with van der Waals surface area (Å²) in [6, 6.07) is 9.10. The van der Waals surface area contributed by atoms with E-state index in [0.717, 1.165) is 51.7 Å². The first-order valence-electron chi connectivity index (χ1n) is 8.76.